The van der Waals surface area contributed by atoms with Crippen molar-refractivity contribution in [3.05, 3.63) is 42.0 Å². The molecule has 2 rings (SSSR count). The Bertz CT molecular complexity index is 329. The Hall–Kier alpha value is -0.863. The fourth-order valence-electron chi connectivity index (χ4n) is 2.13. The van der Waals surface area contributed by atoms with Gasteiger partial charge in [-0.2, -0.15) is 0 Å². The van der Waals surface area contributed by atoms with Crippen molar-refractivity contribution in [3.63, 3.8) is 0 Å². The molecule has 1 nitrogen and oxygen atoms in total. The summed E-state index contributed by atoms with van der Waals surface area (Å²) in [4.78, 5) is 0. The van der Waals surface area contributed by atoms with Gasteiger partial charge in [0.1, 0.15) is 0 Å². The van der Waals surface area contributed by atoms with Gasteiger partial charge in [-0.05, 0) is 29.6 Å². The van der Waals surface area contributed by atoms with Crippen molar-refractivity contribution in [2.24, 2.45) is 0 Å². The molecule has 0 radical (unpaired) electrons. The summed E-state index contributed by atoms with van der Waals surface area (Å²) in [6, 6.07) is 11.0. The Balaban J connectivity index is 2.05. The number of hydrogen-bond acceptors (Lipinski definition) is 1. The first-order valence-electron chi connectivity index (χ1n) is 5.72. The van der Waals surface area contributed by atoms with Crippen LogP contribution in [-0.4, -0.2) is 15.6 Å². The molecule has 1 fully saturated rings. The molecule has 0 amide bonds. The molecule has 0 spiro atoms. The van der Waals surface area contributed by atoms with Crippen molar-refractivity contribution in [2.45, 2.75) is 24.9 Å². The van der Waals surface area contributed by atoms with Crippen LogP contribution >= 0.6 is 0 Å². The second-order valence-electron chi connectivity index (χ2n) is 4.10. The molecular formula is C13H18OSi. The first-order valence-corrected chi connectivity index (χ1v) is 7.82. The van der Waals surface area contributed by atoms with Gasteiger partial charge in [-0.15, -0.1) is 0 Å². The van der Waals surface area contributed by atoms with Crippen molar-refractivity contribution in [3.8, 4) is 0 Å². The molecule has 80 valence electrons. The quantitative estimate of drug-likeness (QED) is 0.709. The van der Waals surface area contributed by atoms with E-state index in [1.807, 2.05) is 6.08 Å². The van der Waals surface area contributed by atoms with Crippen LogP contribution in [-0.2, 0) is 10.5 Å². The van der Waals surface area contributed by atoms with E-state index in [4.69, 9.17) is 4.43 Å². The van der Waals surface area contributed by atoms with Gasteiger partial charge in [0.2, 0.25) is 0 Å². The van der Waals surface area contributed by atoms with Gasteiger partial charge in [-0.25, -0.2) is 0 Å². The SMILES string of the molecule is C=Cc1ccccc1C[SiH]1CCCCO1. The first-order chi connectivity index (χ1) is 7.40. The van der Waals surface area contributed by atoms with Crippen LogP contribution < -0.4 is 0 Å². The van der Waals surface area contributed by atoms with Gasteiger partial charge in [-0.1, -0.05) is 43.3 Å². The molecule has 1 aromatic carbocycles. The Kier molecular flexibility index (Phi) is 3.75. The summed E-state index contributed by atoms with van der Waals surface area (Å²) in [5, 5.41) is 0. The molecular weight excluding hydrogens is 200 g/mol. The maximum absolute atomic E-state index is 5.89. The molecule has 0 saturated carbocycles. The molecule has 0 aromatic heterocycles. The van der Waals surface area contributed by atoms with E-state index in [9.17, 15) is 0 Å². The van der Waals surface area contributed by atoms with Crippen LogP contribution in [0.1, 0.15) is 24.0 Å². The molecule has 0 bridgehead atoms. The summed E-state index contributed by atoms with van der Waals surface area (Å²) in [6.07, 6.45) is 4.58. The van der Waals surface area contributed by atoms with Crippen LogP contribution in [0.2, 0.25) is 6.04 Å². The Morgan fingerprint density at radius 3 is 2.93 bits per heavy atom. The number of hydrogen-bond donors (Lipinski definition) is 0. The van der Waals surface area contributed by atoms with E-state index in [0.29, 0.717) is 0 Å². The molecule has 1 saturated heterocycles. The van der Waals surface area contributed by atoms with Gasteiger partial charge in [0, 0.05) is 6.61 Å². The lowest BCUT2D eigenvalue weighted by atomic mass is 10.1. The average molecular weight is 218 g/mol. The normalized spacial score (nSPS) is 21.2. The highest BCUT2D eigenvalue weighted by Crippen LogP contribution is 2.18. The molecule has 2 heteroatoms. The Labute approximate surface area is 93.5 Å². The monoisotopic (exact) mass is 218 g/mol. The zero-order chi connectivity index (χ0) is 10.5. The van der Waals surface area contributed by atoms with Gasteiger partial charge in [-0.3, -0.25) is 0 Å². The van der Waals surface area contributed by atoms with Crippen molar-refractivity contribution < 1.29 is 4.43 Å². The largest absolute Gasteiger partial charge is 0.420 e. The highest BCUT2D eigenvalue weighted by molar-refractivity contribution is 6.51. The lowest BCUT2D eigenvalue weighted by Gasteiger charge is -2.21. The summed E-state index contributed by atoms with van der Waals surface area (Å²) in [5.74, 6) is 0. The van der Waals surface area contributed by atoms with Crippen LogP contribution in [0.3, 0.4) is 0 Å². The average Bonchev–Trinajstić information content (AvgIpc) is 2.31. The molecule has 1 aromatic rings. The van der Waals surface area contributed by atoms with Crippen molar-refractivity contribution in [1.82, 2.24) is 0 Å². The van der Waals surface area contributed by atoms with Crippen molar-refractivity contribution in [2.75, 3.05) is 6.61 Å². The van der Waals surface area contributed by atoms with E-state index >= 15 is 0 Å². The fraction of sp³-hybridized carbons (Fsp3) is 0.385. The molecule has 0 N–H and O–H groups in total. The first kappa shape index (κ1) is 10.6. The zero-order valence-corrected chi connectivity index (χ0v) is 10.3. The van der Waals surface area contributed by atoms with E-state index in [2.05, 4.69) is 30.8 Å². The standard InChI is InChI=1S/C13H18OSi/c1-2-12-7-3-4-8-13(12)11-15-10-6-5-9-14-15/h2-4,7-8,15H,1,5-6,9-11H2. The minimum Gasteiger partial charge on any atom is -0.420 e. The summed E-state index contributed by atoms with van der Waals surface area (Å²) in [5.41, 5.74) is 2.70. The minimum atomic E-state index is -0.943. The second kappa shape index (κ2) is 5.28. The summed E-state index contributed by atoms with van der Waals surface area (Å²) in [7, 11) is -0.943. The molecule has 15 heavy (non-hydrogen) atoms. The Morgan fingerprint density at radius 2 is 2.20 bits per heavy atom. The van der Waals surface area contributed by atoms with Gasteiger partial charge in [0.25, 0.3) is 0 Å². The van der Waals surface area contributed by atoms with Crippen LogP contribution in [0.25, 0.3) is 6.08 Å². The minimum absolute atomic E-state index is 0.943. The predicted octanol–water partition coefficient (Wildman–Crippen LogP) is 2.95. The zero-order valence-electron chi connectivity index (χ0n) is 9.11. The van der Waals surface area contributed by atoms with Crippen LogP contribution in [0.15, 0.2) is 30.8 Å². The molecule has 0 aliphatic carbocycles. The molecule has 1 aliphatic rings. The van der Waals surface area contributed by atoms with E-state index in [0.717, 1.165) is 6.61 Å². The molecule has 1 unspecified atom stereocenters. The topological polar surface area (TPSA) is 9.23 Å². The Morgan fingerprint density at radius 1 is 1.33 bits per heavy atom. The van der Waals surface area contributed by atoms with Gasteiger partial charge < -0.3 is 4.43 Å². The van der Waals surface area contributed by atoms with Crippen LogP contribution in [0.4, 0.5) is 0 Å². The van der Waals surface area contributed by atoms with E-state index in [1.54, 1.807) is 0 Å². The maximum atomic E-state index is 5.89. The van der Waals surface area contributed by atoms with Crippen LogP contribution in [0.5, 0.6) is 0 Å². The summed E-state index contributed by atoms with van der Waals surface area (Å²) >= 11 is 0. The summed E-state index contributed by atoms with van der Waals surface area (Å²) in [6.45, 7) is 4.85. The smallest absolute Gasteiger partial charge is 0.181 e. The fourth-order valence-corrected chi connectivity index (χ4v) is 4.73. The number of benzene rings is 1. The lowest BCUT2D eigenvalue weighted by Crippen LogP contribution is -2.26. The van der Waals surface area contributed by atoms with Crippen molar-refractivity contribution >= 4 is 15.1 Å². The third-order valence-electron chi connectivity index (χ3n) is 3.00. The van der Waals surface area contributed by atoms with Gasteiger partial charge in [0.05, 0.1) is 0 Å². The third kappa shape index (κ3) is 2.80. The van der Waals surface area contributed by atoms with Gasteiger partial charge >= 0.3 is 0 Å². The second-order valence-corrected chi connectivity index (χ2v) is 6.66. The predicted molar refractivity (Wildman–Crippen MR) is 67.4 cm³/mol. The highest BCUT2D eigenvalue weighted by atomic mass is 28.3. The van der Waals surface area contributed by atoms with Crippen LogP contribution in [0, 0.1) is 0 Å². The third-order valence-corrected chi connectivity index (χ3v) is 5.65. The lowest BCUT2D eigenvalue weighted by molar-refractivity contribution is 0.286. The maximum Gasteiger partial charge on any atom is 0.181 e. The highest BCUT2D eigenvalue weighted by Gasteiger charge is 2.17. The van der Waals surface area contributed by atoms with Crippen molar-refractivity contribution in [1.29, 1.82) is 0 Å². The summed E-state index contributed by atoms with van der Waals surface area (Å²) < 4.78 is 5.89. The molecule has 1 atom stereocenters. The molecule has 1 heterocycles. The van der Waals surface area contributed by atoms with E-state index < -0.39 is 9.04 Å². The number of rotatable bonds is 3. The molecule has 1 aliphatic heterocycles. The van der Waals surface area contributed by atoms with E-state index in [1.165, 1.54) is 36.1 Å². The van der Waals surface area contributed by atoms with Gasteiger partial charge in [0.15, 0.2) is 9.04 Å². The van der Waals surface area contributed by atoms with E-state index in [-0.39, 0.29) is 0 Å².